The highest BCUT2D eigenvalue weighted by atomic mass is 19.1. The van der Waals surface area contributed by atoms with Crippen molar-refractivity contribution in [3.63, 3.8) is 0 Å². The van der Waals surface area contributed by atoms with Crippen LogP contribution in [0.2, 0.25) is 0 Å². The number of anilines is 2. The maximum absolute atomic E-state index is 13.7. The van der Waals surface area contributed by atoms with Gasteiger partial charge in [-0.3, -0.25) is 0 Å². The van der Waals surface area contributed by atoms with Gasteiger partial charge in [-0.25, -0.2) is 9.37 Å². The van der Waals surface area contributed by atoms with Crippen molar-refractivity contribution in [3.05, 3.63) is 47.4 Å². The van der Waals surface area contributed by atoms with Crippen LogP contribution < -0.4 is 10.6 Å². The molecular formula is C16H21FN4. The van der Waals surface area contributed by atoms with Gasteiger partial charge >= 0.3 is 0 Å². The Morgan fingerprint density at radius 1 is 1.14 bits per heavy atom. The van der Waals surface area contributed by atoms with E-state index in [4.69, 9.17) is 0 Å². The highest BCUT2D eigenvalue weighted by Gasteiger charge is 2.06. The first-order valence-corrected chi connectivity index (χ1v) is 7.19. The average Bonchev–Trinajstić information content (AvgIpc) is 2.48. The van der Waals surface area contributed by atoms with E-state index in [-0.39, 0.29) is 5.82 Å². The van der Waals surface area contributed by atoms with E-state index in [0.717, 1.165) is 5.56 Å². The minimum atomic E-state index is -0.449. The van der Waals surface area contributed by atoms with Gasteiger partial charge in [-0.05, 0) is 24.0 Å². The molecule has 0 spiro atoms. The largest absolute Gasteiger partial charge is 0.363 e. The van der Waals surface area contributed by atoms with Crippen LogP contribution >= 0.6 is 0 Å². The summed E-state index contributed by atoms with van der Waals surface area (Å²) in [6.45, 7) is 7.48. The lowest BCUT2D eigenvalue weighted by atomic mass is 10.0. The summed E-state index contributed by atoms with van der Waals surface area (Å²) in [4.78, 5) is 7.99. The number of nitrogens with one attached hydrogen (secondary N) is 2. The number of hydrogen-bond acceptors (Lipinski definition) is 4. The molecule has 0 fully saturated rings. The number of benzene rings is 1. The molecule has 0 bridgehead atoms. The van der Waals surface area contributed by atoms with E-state index in [1.807, 2.05) is 19.1 Å². The average molecular weight is 288 g/mol. The quantitative estimate of drug-likeness (QED) is 0.849. The molecule has 1 aromatic heterocycles. The predicted molar refractivity (Wildman–Crippen MR) is 84.0 cm³/mol. The fraction of sp³-hybridized carbons (Fsp3) is 0.375. The predicted octanol–water partition coefficient (Wildman–Crippen LogP) is 3.78. The second kappa shape index (κ2) is 7.02. The summed E-state index contributed by atoms with van der Waals surface area (Å²) in [5, 5.41) is 5.97. The van der Waals surface area contributed by atoms with Crippen molar-refractivity contribution in [2.24, 2.45) is 0 Å². The van der Waals surface area contributed by atoms with E-state index in [2.05, 4.69) is 46.6 Å². The monoisotopic (exact) mass is 288 g/mol. The zero-order valence-corrected chi connectivity index (χ0v) is 12.7. The van der Waals surface area contributed by atoms with Crippen molar-refractivity contribution in [2.45, 2.75) is 33.2 Å². The lowest BCUT2D eigenvalue weighted by molar-refractivity contribution is 0.617. The van der Waals surface area contributed by atoms with Gasteiger partial charge in [0.25, 0.3) is 0 Å². The van der Waals surface area contributed by atoms with Crippen LogP contribution in [0.15, 0.2) is 30.5 Å². The third-order valence-corrected chi connectivity index (χ3v) is 3.19. The molecule has 2 N–H and O–H groups in total. The fourth-order valence-electron chi connectivity index (χ4n) is 1.94. The fourth-order valence-corrected chi connectivity index (χ4v) is 1.94. The topological polar surface area (TPSA) is 49.8 Å². The highest BCUT2D eigenvalue weighted by Crippen LogP contribution is 2.16. The van der Waals surface area contributed by atoms with Crippen molar-refractivity contribution >= 4 is 11.8 Å². The van der Waals surface area contributed by atoms with E-state index in [0.29, 0.717) is 25.0 Å². The van der Waals surface area contributed by atoms with Gasteiger partial charge in [0.2, 0.25) is 5.95 Å². The molecule has 2 aromatic rings. The van der Waals surface area contributed by atoms with Gasteiger partial charge in [0.05, 0.1) is 6.20 Å². The maximum Gasteiger partial charge on any atom is 0.224 e. The van der Waals surface area contributed by atoms with Crippen molar-refractivity contribution in [1.82, 2.24) is 9.97 Å². The molecule has 112 valence electrons. The second-order valence-electron chi connectivity index (χ2n) is 5.17. The van der Waals surface area contributed by atoms with Gasteiger partial charge in [0, 0.05) is 13.1 Å². The molecule has 0 radical (unpaired) electrons. The maximum atomic E-state index is 13.7. The number of hydrogen-bond donors (Lipinski definition) is 2. The van der Waals surface area contributed by atoms with Crippen molar-refractivity contribution in [1.29, 1.82) is 0 Å². The Kier molecular flexibility index (Phi) is 5.09. The molecule has 5 heteroatoms. The van der Waals surface area contributed by atoms with E-state index in [1.165, 1.54) is 11.8 Å². The standard InChI is InChI=1S/C16H21FN4/c1-4-18-16-20-10-14(17)15(21-16)19-9-12-5-7-13(8-6-12)11(2)3/h5-8,10-11H,4,9H2,1-3H3,(H2,18,19,20,21). The number of rotatable bonds is 6. The van der Waals surface area contributed by atoms with Gasteiger partial charge in [0.15, 0.2) is 11.6 Å². The normalized spacial score (nSPS) is 10.7. The third kappa shape index (κ3) is 4.15. The smallest absolute Gasteiger partial charge is 0.224 e. The van der Waals surface area contributed by atoms with E-state index >= 15 is 0 Å². The Labute approximate surface area is 124 Å². The molecule has 0 aliphatic carbocycles. The molecule has 21 heavy (non-hydrogen) atoms. The molecule has 2 rings (SSSR count). The first-order valence-electron chi connectivity index (χ1n) is 7.19. The number of nitrogens with zero attached hydrogens (tertiary/aromatic N) is 2. The Morgan fingerprint density at radius 3 is 2.48 bits per heavy atom. The molecule has 0 aliphatic heterocycles. The van der Waals surface area contributed by atoms with Crippen LogP contribution in [0.5, 0.6) is 0 Å². The van der Waals surface area contributed by atoms with Gasteiger partial charge in [-0.15, -0.1) is 0 Å². The van der Waals surface area contributed by atoms with E-state index in [1.54, 1.807) is 0 Å². The van der Waals surface area contributed by atoms with Gasteiger partial charge in [-0.1, -0.05) is 38.1 Å². The minimum Gasteiger partial charge on any atom is -0.363 e. The molecule has 0 unspecified atom stereocenters. The van der Waals surface area contributed by atoms with Crippen LogP contribution in [0.1, 0.15) is 37.8 Å². The molecule has 0 saturated heterocycles. The summed E-state index contributed by atoms with van der Waals surface area (Å²) in [7, 11) is 0. The summed E-state index contributed by atoms with van der Waals surface area (Å²) in [6, 6.07) is 8.30. The van der Waals surface area contributed by atoms with Crippen LogP contribution in [0, 0.1) is 5.82 Å². The third-order valence-electron chi connectivity index (χ3n) is 3.19. The molecule has 0 aliphatic rings. The lowest BCUT2D eigenvalue weighted by Gasteiger charge is -2.10. The number of halogens is 1. The Morgan fingerprint density at radius 2 is 1.86 bits per heavy atom. The second-order valence-corrected chi connectivity index (χ2v) is 5.17. The van der Waals surface area contributed by atoms with Crippen LogP contribution in [-0.2, 0) is 6.54 Å². The molecule has 0 atom stereocenters. The van der Waals surface area contributed by atoms with Crippen LogP contribution in [-0.4, -0.2) is 16.5 Å². The zero-order valence-electron chi connectivity index (χ0n) is 12.7. The summed E-state index contributed by atoms with van der Waals surface area (Å²) < 4.78 is 13.7. The first kappa shape index (κ1) is 15.2. The highest BCUT2D eigenvalue weighted by molar-refractivity contribution is 5.41. The van der Waals surface area contributed by atoms with Crippen molar-refractivity contribution in [3.8, 4) is 0 Å². The number of aromatic nitrogens is 2. The SMILES string of the molecule is CCNc1ncc(F)c(NCc2ccc(C(C)C)cc2)n1. The minimum absolute atomic E-state index is 0.217. The van der Waals surface area contributed by atoms with Gasteiger partial charge in [-0.2, -0.15) is 4.98 Å². The van der Waals surface area contributed by atoms with Crippen LogP contribution in [0.25, 0.3) is 0 Å². The van der Waals surface area contributed by atoms with Crippen LogP contribution in [0.4, 0.5) is 16.2 Å². The molecule has 0 saturated carbocycles. The molecular weight excluding hydrogens is 267 g/mol. The molecule has 0 amide bonds. The molecule has 1 aromatic carbocycles. The molecule has 4 nitrogen and oxygen atoms in total. The summed E-state index contributed by atoms with van der Waals surface area (Å²) in [5.41, 5.74) is 2.38. The van der Waals surface area contributed by atoms with Crippen molar-refractivity contribution < 1.29 is 4.39 Å². The van der Waals surface area contributed by atoms with Crippen LogP contribution in [0.3, 0.4) is 0 Å². The van der Waals surface area contributed by atoms with E-state index < -0.39 is 5.82 Å². The summed E-state index contributed by atoms with van der Waals surface area (Å²) in [5.74, 6) is 0.704. The van der Waals surface area contributed by atoms with E-state index in [9.17, 15) is 4.39 Å². The molecule has 1 heterocycles. The summed E-state index contributed by atoms with van der Waals surface area (Å²) in [6.07, 6.45) is 1.18. The first-order chi connectivity index (χ1) is 10.1. The zero-order chi connectivity index (χ0) is 15.2. The van der Waals surface area contributed by atoms with Crippen molar-refractivity contribution in [2.75, 3.05) is 17.2 Å². The van der Waals surface area contributed by atoms with Gasteiger partial charge < -0.3 is 10.6 Å². The Hall–Kier alpha value is -2.17. The summed E-state index contributed by atoms with van der Waals surface area (Å²) >= 11 is 0. The lowest BCUT2D eigenvalue weighted by Crippen LogP contribution is -2.08. The van der Waals surface area contributed by atoms with Gasteiger partial charge in [0.1, 0.15) is 0 Å². The Balaban J connectivity index is 2.03. The Bertz CT molecular complexity index is 581.